The zero-order chi connectivity index (χ0) is 19.5. The van der Waals surface area contributed by atoms with Crippen molar-refractivity contribution >= 4 is 23.6 Å². The predicted molar refractivity (Wildman–Crippen MR) is 113 cm³/mol. The highest BCUT2D eigenvalue weighted by Crippen LogP contribution is 2.39. The lowest BCUT2D eigenvalue weighted by Gasteiger charge is -2.09. The first-order valence-electron chi connectivity index (χ1n) is 10.1. The molecule has 0 aliphatic carbocycles. The summed E-state index contributed by atoms with van der Waals surface area (Å²) < 4.78 is 4.39. The Hall–Kier alpha value is -0.130. The van der Waals surface area contributed by atoms with Gasteiger partial charge in [0.1, 0.15) is 0 Å². The van der Waals surface area contributed by atoms with Crippen molar-refractivity contribution in [1.29, 1.82) is 0 Å². The third-order valence-corrected chi connectivity index (χ3v) is 7.25. The number of thiol groups is 1. The molecule has 5 nitrogen and oxygen atoms in total. The van der Waals surface area contributed by atoms with Gasteiger partial charge in [0.25, 0.3) is 0 Å². The van der Waals surface area contributed by atoms with E-state index in [1.807, 2.05) is 0 Å². The van der Waals surface area contributed by atoms with Gasteiger partial charge in [-0.3, -0.25) is 4.89 Å². The van der Waals surface area contributed by atoms with Crippen LogP contribution < -0.4 is 0 Å². The second-order valence-corrected chi connectivity index (χ2v) is 11.0. The number of hydrogen-bond donors (Lipinski definition) is 3. The molecule has 0 atom stereocenters. The average molecular weight is 411 g/mol. The van der Waals surface area contributed by atoms with E-state index in [0.29, 0.717) is 16.7 Å². The van der Waals surface area contributed by atoms with Crippen molar-refractivity contribution in [3.8, 4) is 0 Å². The maximum atomic E-state index is 10.8. The highest BCUT2D eigenvalue weighted by molar-refractivity contribution is 8.16. The maximum absolute atomic E-state index is 10.8. The van der Waals surface area contributed by atoms with Crippen LogP contribution in [0.1, 0.15) is 96.8 Å². The Morgan fingerprint density at radius 1 is 0.885 bits per heavy atom. The molecule has 7 heteroatoms. The summed E-state index contributed by atoms with van der Waals surface area (Å²) in [7, 11) is 0.382. The molecule has 156 valence electrons. The van der Waals surface area contributed by atoms with Crippen molar-refractivity contribution in [2.24, 2.45) is 0 Å². The number of hydrogen-bond acceptors (Lipinski definition) is 3. The SMILES string of the molecule is C=CC(=O)OOP(O)(O)=[SH]CCCCCCCCCCCCCCCC. The summed E-state index contributed by atoms with van der Waals surface area (Å²) in [5.74, 6) is -0.200. The molecular formula is C19H39O5PS. The van der Waals surface area contributed by atoms with Gasteiger partial charge >= 0.3 is 12.7 Å². The van der Waals surface area contributed by atoms with Crippen LogP contribution >= 0.6 is 6.72 Å². The summed E-state index contributed by atoms with van der Waals surface area (Å²) in [6, 6.07) is 0. The Morgan fingerprint density at radius 2 is 1.31 bits per heavy atom. The third-order valence-electron chi connectivity index (χ3n) is 4.18. The lowest BCUT2D eigenvalue weighted by atomic mass is 10.0. The summed E-state index contributed by atoms with van der Waals surface area (Å²) >= 11 is 0. The molecule has 0 saturated heterocycles. The Kier molecular flexibility index (Phi) is 18.2. The minimum atomic E-state index is -3.61. The summed E-state index contributed by atoms with van der Waals surface area (Å²) in [6.45, 7) is 1.84. The fraction of sp³-hybridized carbons (Fsp3) is 0.842. The topological polar surface area (TPSA) is 76.0 Å². The number of unbranched alkanes of at least 4 members (excludes halogenated alkanes) is 13. The monoisotopic (exact) mass is 410 g/mol. The lowest BCUT2D eigenvalue weighted by Crippen LogP contribution is -2.01. The van der Waals surface area contributed by atoms with Crippen LogP contribution in [0.4, 0.5) is 0 Å². The smallest absolute Gasteiger partial charge is 0.326 e. The van der Waals surface area contributed by atoms with Crippen LogP contribution in [0.5, 0.6) is 0 Å². The second kappa shape index (κ2) is 18.2. The molecule has 2 N–H and O–H groups in total. The van der Waals surface area contributed by atoms with Crippen LogP contribution in [-0.4, -0.2) is 21.5 Å². The first kappa shape index (κ1) is 25.9. The fourth-order valence-electron chi connectivity index (χ4n) is 2.65. The van der Waals surface area contributed by atoms with E-state index in [4.69, 9.17) is 0 Å². The average Bonchev–Trinajstić information content (AvgIpc) is 2.63. The Morgan fingerprint density at radius 3 is 1.73 bits per heavy atom. The first-order valence-corrected chi connectivity index (χ1v) is 13.5. The Balaban J connectivity index is 3.38. The van der Waals surface area contributed by atoms with Crippen LogP contribution in [0.25, 0.3) is 0 Å². The van der Waals surface area contributed by atoms with Crippen LogP contribution in [-0.2, 0) is 25.3 Å². The minimum absolute atomic E-state index is 0.382. The van der Waals surface area contributed by atoms with Crippen molar-refractivity contribution in [1.82, 2.24) is 0 Å². The highest BCUT2D eigenvalue weighted by Gasteiger charge is 2.13. The summed E-state index contributed by atoms with van der Waals surface area (Å²) in [4.78, 5) is 34.2. The van der Waals surface area contributed by atoms with E-state index < -0.39 is 12.7 Å². The van der Waals surface area contributed by atoms with Crippen LogP contribution in [0.2, 0.25) is 0 Å². The molecule has 26 heavy (non-hydrogen) atoms. The minimum Gasteiger partial charge on any atom is -0.326 e. The predicted octanol–water partition coefficient (Wildman–Crippen LogP) is 5.61. The molecule has 0 bridgehead atoms. The van der Waals surface area contributed by atoms with Crippen molar-refractivity contribution in [3.63, 3.8) is 0 Å². The van der Waals surface area contributed by atoms with E-state index in [1.54, 1.807) is 0 Å². The first-order chi connectivity index (χ1) is 12.5. The number of rotatable bonds is 18. The van der Waals surface area contributed by atoms with Gasteiger partial charge in [0.05, 0.1) is 0 Å². The van der Waals surface area contributed by atoms with Gasteiger partial charge in [-0.15, -0.1) is 15.6 Å². The molecule has 0 aliphatic rings. The molecule has 0 heterocycles. The van der Waals surface area contributed by atoms with E-state index in [9.17, 15) is 14.6 Å². The Bertz CT molecular complexity index is 409. The molecule has 0 fully saturated rings. The molecule has 0 amide bonds. The van der Waals surface area contributed by atoms with Crippen molar-refractivity contribution < 1.29 is 24.1 Å². The summed E-state index contributed by atoms with van der Waals surface area (Å²) in [5.41, 5.74) is 0. The van der Waals surface area contributed by atoms with E-state index >= 15 is 0 Å². The standard InChI is InChI=1S/C19H39O5PS/c1-3-5-6-7-8-9-10-11-12-13-14-15-16-17-18-26-25(21,22)24-23-19(20)4-2/h4,21-22,26H,2-3,5-18H2,1H3. The van der Waals surface area contributed by atoms with Crippen LogP contribution in [0.3, 0.4) is 0 Å². The molecule has 0 aromatic heterocycles. The van der Waals surface area contributed by atoms with E-state index in [1.165, 1.54) is 77.0 Å². The number of carbonyl (C=O) groups excluding carboxylic acids is 1. The highest BCUT2D eigenvalue weighted by atomic mass is 32.5. The summed E-state index contributed by atoms with van der Waals surface area (Å²) in [5, 5.41) is 0. The van der Waals surface area contributed by atoms with Gasteiger partial charge in [0.15, 0.2) is 0 Å². The van der Waals surface area contributed by atoms with E-state index in [-0.39, 0.29) is 0 Å². The molecule has 0 radical (unpaired) electrons. The molecule has 0 aliphatic heterocycles. The van der Waals surface area contributed by atoms with Gasteiger partial charge in [0, 0.05) is 6.08 Å². The number of carbonyl (C=O) groups is 1. The van der Waals surface area contributed by atoms with Crippen LogP contribution in [0.15, 0.2) is 12.7 Å². The zero-order valence-corrected chi connectivity index (χ0v) is 18.2. The zero-order valence-electron chi connectivity index (χ0n) is 16.4. The van der Waals surface area contributed by atoms with Crippen molar-refractivity contribution in [2.45, 2.75) is 96.8 Å². The van der Waals surface area contributed by atoms with E-state index in [0.717, 1.165) is 18.9 Å². The second-order valence-electron chi connectivity index (χ2n) is 6.66. The van der Waals surface area contributed by atoms with Gasteiger partial charge in [-0.2, -0.15) is 0 Å². The van der Waals surface area contributed by atoms with Gasteiger partial charge in [-0.1, -0.05) is 97.0 Å². The lowest BCUT2D eigenvalue weighted by molar-refractivity contribution is -0.211. The fourth-order valence-corrected chi connectivity index (χ4v) is 4.95. The van der Waals surface area contributed by atoms with Crippen molar-refractivity contribution in [2.75, 3.05) is 5.75 Å². The van der Waals surface area contributed by atoms with Gasteiger partial charge in [0.2, 0.25) is 0 Å². The third kappa shape index (κ3) is 18.7. The normalized spacial score (nSPS) is 11.5. The Labute approximate surface area is 163 Å². The molecular weight excluding hydrogens is 371 g/mol. The molecule has 0 aromatic carbocycles. The van der Waals surface area contributed by atoms with Gasteiger partial charge in [-0.05, 0) is 12.2 Å². The molecule has 0 rings (SSSR count). The quantitative estimate of drug-likeness (QED) is 0.0684. The molecule has 0 unspecified atom stereocenters. The van der Waals surface area contributed by atoms with E-state index in [2.05, 4.69) is 23.1 Å². The molecule has 0 aromatic rings. The molecule has 0 saturated carbocycles. The maximum Gasteiger partial charge on any atom is 0.365 e. The summed E-state index contributed by atoms with van der Waals surface area (Å²) in [6.07, 6.45) is 19.0. The van der Waals surface area contributed by atoms with Gasteiger partial charge < -0.3 is 9.79 Å². The van der Waals surface area contributed by atoms with Crippen LogP contribution in [0, 0.1) is 0 Å². The van der Waals surface area contributed by atoms with Gasteiger partial charge in [-0.25, -0.2) is 4.79 Å². The molecule has 0 spiro atoms. The largest absolute Gasteiger partial charge is 0.365 e. The van der Waals surface area contributed by atoms with Crippen molar-refractivity contribution in [3.05, 3.63) is 12.7 Å².